The van der Waals surface area contributed by atoms with Crippen molar-refractivity contribution in [2.24, 2.45) is 0 Å². The number of rotatable bonds is 4. The second kappa shape index (κ2) is 6.36. The van der Waals surface area contributed by atoms with Crippen LogP contribution in [0.5, 0.6) is 5.75 Å². The van der Waals surface area contributed by atoms with Gasteiger partial charge in [-0.25, -0.2) is 4.58 Å². The lowest BCUT2D eigenvalue weighted by atomic mass is 9.95. The van der Waals surface area contributed by atoms with Gasteiger partial charge in [0, 0.05) is 12.0 Å². The van der Waals surface area contributed by atoms with Gasteiger partial charge in [0.25, 0.3) is 5.71 Å². The number of hydrogen-bond donors (Lipinski definition) is 0. The molecule has 3 nitrogen and oxygen atoms in total. The Morgan fingerprint density at radius 1 is 1.00 bits per heavy atom. The highest BCUT2D eigenvalue weighted by Crippen LogP contribution is 2.22. The Bertz CT molecular complexity index is 861. The maximum atomic E-state index is 5.74. The Balaban J connectivity index is 1.77. The van der Waals surface area contributed by atoms with E-state index in [2.05, 4.69) is 41.0 Å². The van der Waals surface area contributed by atoms with Crippen LogP contribution >= 0.6 is 0 Å². The van der Waals surface area contributed by atoms with Crippen LogP contribution in [0.4, 0.5) is 0 Å². The van der Waals surface area contributed by atoms with Crippen LogP contribution in [0, 0.1) is 0 Å². The van der Waals surface area contributed by atoms with Crippen LogP contribution in [0.25, 0.3) is 0 Å². The first-order chi connectivity index (χ1) is 11.8. The molecule has 0 unspecified atom stereocenters. The number of ether oxygens (including phenoxy) is 1. The smallest absolute Gasteiger partial charge is 0.250 e. The second-order valence-corrected chi connectivity index (χ2v) is 6.00. The third-order valence-corrected chi connectivity index (χ3v) is 4.53. The van der Waals surface area contributed by atoms with E-state index < -0.39 is 0 Å². The van der Waals surface area contributed by atoms with Gasteiger partial charge in [-0.15, -0.1) is 0 Å². The van der Waals surface area contributed by atoms with Gasteiger partial charge in [-0.3, -0.25) is 0 Å². The molecule has 0 fully saturated rings. The first-order valence-electron chi connectivity index (χ1n) is 8.22. The monoisotopic (exact) mass is 318 g/mol. The summed E-state index contributed by atoms with van der Waals surface area (Å²) in [6, 6.07) is 20.9. The van der Waals surface area contributed by atoms with Crippen molar-refractivity contribution in [2.45, 2.75) is 13.0 Å². The molecule has 2 aromatic carbocycles. The summed E-state index contributed by atoms with van der Waals surface area (Å²) in [7, 11) is 1.69. The van der Waals surface area contributed by atoms with Crippen molar-refractivity contribution < 1.29 is 13.7 Å². The lowest BCUT2D eigenvalue weighted by molar-refractivity contribution is -0.544. The normalized spacial score (nSPS) is 13.7. The molecular weight excluding hydrogens is 298 g/mol. The van der Waals surface area contributed by atoms with Crippen molar-refractivity contribution >= 4 is 5.71 Å². The summed E-state index contributed by atoms with van der Waals surface area (Å²) in [6.07, 6.45) is 2.79. The van der Waals surface area contributed by atoms with Gasteiger partial charge in [-0.05, 0) is 48.0 Å². The Morgan fingerprint density at radius 3 is 2.58 bits per heavy atom. The van der Waals surface area contributed by atoms with Crippen molar-refractivity contribution in [2.75, 3.05) is 13.7 Å². The molecule has 3 heteroatoms. The van der Waals surface area contributed by atoms with Crippen molar-refractivity contribution in [3.8, 4) is 5.75 Å². The van der Waals surface area contributed by atoms with E-state index in [0.717, 1.165) is 31.0 Å². The van der Waals surface area contributed by atoms with Gasteiger partial charge in [0.2, 0.25) is 0 Å². The molecule has 1 aromatic heterocycles. The lowest BCUT2D eigenvalue weighted by Crippen LogP contribution is -2.30. The number of nitrogens with zero attached hydrogens (tertiary/aromatic N) is 1. The molecule has 0 amide bonds. The Labute approximate surface area is 141 Å². The molecule has 3 aromatic rings. The fourth-order valence-corrected chi connectivity index (χ4v) is 3.32. The van der Waals surface area contributed by atoms with Gasteiger partial charge in [-0.2, -0.15) is 0 Å². The van der Waals surface area contributed by atoms with Gasteiger partial charge in [0.1, 0.15) is 12.3 Å². The molecule has 2 heterocycles. The number of benzene rings is 2. The van der Waals surface area contributed by atoms with E-state index in [4.69, 9.17) is 9.15 Å². The maximum Gasteiger partial charge on any atom is 0.250 e. The molecule has 0 radical (unpaired) electrons. The molecule has 0 saturated heterocycles. The fraction of sp³-hybridized carbons (Fsp3) is 0.190. The largest absolute Gasteiger partial charge is 0.497 e. The van der Waals surface area contributed by atoms with E-state index in [-0.39, 0.29) is 0 Å². The van der Waals surface area contributed by atoms with E-state index in [0.29, 0.717) is 0 Å². The highest BCUT2D eigenvalue weighted by molar-refractivity contribution is 6.09. The molecule has 0 aliphatic carbocycles. The van der Waals surface area contributed by atoms with E-state index in [9.17, 15) is 0 Å². The Kier molecular flexibility index (Phi) is 3.91. The van der Waals surface area contributed by atoms with Gasteiger partial charge in [-0.1, -0.05) is 18.2 Å². The molecule has 24 heavy (non-hydrogen) atoms. The highest BCUT2D eigenvalue weighted by Gasteiger charge is 2.28. The van der Waals surface area contributed by atoms with E-state index in [1.165, 1.54) is 22.4 Å². The van der Waals surface area contributed by atoms with Crippen LogP contribution in [0.3, 0.4) is 0 Å². The van der Waals surface area contributed by atoms with Crippen LogP contribution in [0.15, 0.2) is 71.3 Å². The van der Waals surface area contributed by atoms with Crippen molar-refractivity contribution in [1.82, 2.24) is 0 Å². The summed E-state index contributed by atoms with van der Waals surface area (Å²) in [5.41, 5.74) is 5.10. The number of fused-ring (bicyclic) bond motifs is 1. The molecule has 0 bridgehead atoms. The van der Waals surface area contributed by atoms with E-state index in [1.54, 1.807) is 13.4 Å². The van der Waals surface area contributed by atoms with Gasteiger partial charge >= 0.3 is 0 Å². The summed E-state index contributed by atoms with van der Waals surface area (Å²) < 4.78 is 13.4. The third-order valence-electron chi connectivity index (χ3n) is 4.53. The SMILES string of the molecule is COc1ccc(C[N+]2=C(c3ccco3)c3ccccc3CC2)cc1. The summed E-state index contributed by atoms with van der Waals surface area (Å²) in [6.45, 7) is 1.84. The van der Waals surface area contributed by atoms with Crippen LogP contribution < -0.4 is 4.74 Å². The minimum absolute atomic E-state index is 0.856. The zero-order chi connectivity index (χ0) is 16.4. The number of furan rings is 1. The molecule has 1 aliphatic rings. The number of hydrogen-bond acceptors (Lipinski definition) is 2. The summed E-state index contributed by atoms with van der Waals surface area (Å²) in [5.74, 6) is 1.81. The first kappa shape index (κ1) is 14.8. The van der Waals surface area contributed by atoms with Crippen LogP contribution in [-0.2, 0) is 13.0 Å². The summed E-state index contributed by atoms with van der Waals surface area (Å²) in [4.78, 5) is 0. The van der Waals surface area contributed by atoms with Gasteiger partial charge < -0.3 is 9.15 Å². The standard InChI is InChI=1S/C21H20NO2/c1-23-18-10-8-16(9-11-18)15-22-13-12-17-5-2-3-6-19(17)21(22)20-7-4-14-24-20/h2-11,14H,12-13,15H2,1H3/q+1. The van der Waals surface area contributed by atoms with E-state index >= 15 is 0 Å². The zero-order valence-electron chi connectivity index (χ0n) is 13.7. The number of methoxy groups -OCH3 is 1. The van der Waals surface area contributed by atoms with Gasteiger partial charge in [0.15, 0.2) is 12.3 Å². The summed E-state index contributed by atoms with van der Waals surface area (Å²) >= 11 is 0. The van der Waals surface area contributed by atoms with Crippen molar-refractivity contribution in [3.05, 3.63) is 89.4 Å². The van der Waals surface area contributed by atoms with Crippen molar-refractivity contribution in [1.29, 1.82) is 0 Å². The Hall–Kier alpha value is -2.81. The molecule has 0 atom stereocenters. The first-order valence-corrected chi connectivity index (χ1v) is 8.22. The molecule has 120 valence electrons. The molecule has 0 spiro atoms. The lowest BCUT2D eigenvalue weighted by Gasteiger charge is -2.17. The van der Waals surface area contributed by atoms with Crippen LogP contribution in [0.2, 0.25) is 0 Å². The van der Waals surface area contributed by atoms with E-state index in [1.807, 2.05) is 24.3 Å². The zero-order valence-corrected chi connectivity index (χ0v) is 13.7. The molecule has 0 saturated carbocycles. The minimum atomic E-state index is 0.856. The average Bonchev–Trinajstić information content (AvgIpc) is 3.16. The minimum Gasteiger partial charge on any atom is -0.497 e. The van der Waals surface area contributed by atoms with Crippen molar-refractivity contribution in [3.63, 3.8) is 0 Å². The third kappa shape index (κ3) is 2.73. The van der Waals surface area contributed by atoms with Crippen LogP contribution in [0.1, 0.15) is 22.5 Å². The highest BCUT2D eigenvalue weighted by atomic mass is 16.5. The molecular formula is C21H20NO2+. The molecule has 1 aliphatic heterocycles. The molecule has 0 N–H and O–H groups in total. The Morgan fingerprint density at radius 2 is 1.83 bits per heavy atom. The fourth-order valence-electron chi connectivity index (χ4n) is 3.32. The second-order valence-electron chi connectivity index (χ2n) is 6.00. The topological polar surface area (TPSA) is 25.4 Å². The van der Waals surface area contributed by atoms with Gasteiger partial charge in [0.05, 0.1) is 18.9 Å². The predicted molar refractivity (Wildman–Crippen MR) is 93.9 cm³/mol. The quantitative estimate of drug-likeness (QED) is 0.682. The predicted octanol–water partition coefficient (Wildman–Crippen LogP) is 3.89. The molecule has 4 rings (SSSR count). The van der Waals surface area contributed by atoms with Crippen LogP contribution in [-0.4, -0.2) is 23.9 Å². The maximum absolute atomic E-state index is 5.74. The summed E-state index contributed by atoms with van der Waals surface area (Å²) in [5, 5.41) is 0. The average molecular weight is 318 g/mol.